The Balaban J connectivity index is 1.74. The van der Waals surface area contributed by atoms with Crippen LogP contribution in [0.2, 0.25) is 0 Å². The highest BCUT2D eigenvalue weighted by atomic mass is 32.2. The summed E-state index contributed by atoms with van der Waals surface area (Å²) >= 11 is 0. The van der Waals surface area contributed by atoms with Gasteiger partial charge in [0, 0.05) is 11.6 Å². The number of ketones is 1. The van der Waals surface area contributed by atoms with Crippen molar-refractivity contribution in [1.82, 2.24) is 0 Å². The molecule has 3 aromatic carbocycles. The summed E-state index contributed by atoms with van der Waals surface area (Å²) < 4.78 is 42.0. The Kier molecular flexibility index (Phi) is 5.56. The van der Waals surface area contributed by atoms with Crippen LogP contribution in [-0.2, 0) is 14.9 Å². The molecule has 142 valence electrons. The largest absolute Gasteiger partial charge is 0.485 e. The van der Waals surface area contributed by atoms with Gasteiger partial charge in [0.1, 0.15) is 11.5 Å². The van der Waals surface area contributed by atoms with E-state index in [4.69, 9.17) is 14.0 Å². The number of carbonyl (C=O) groups excluding carboxylic acids is 2. The highest BCUT2D eigenvalue weighted by Gasteiger charge is 2.12. The Labute approximate surface area is 160 Å². The summed E-state index contributed by atoms with van der Waals surface area (Å²) in [6.07, 6.45) is 0.868. The predicted molar refractivity (Wildman–Crippen MR) is 101 cm³/mol. The number of ether oxygens (including phenoxy) is 2. The van der Waals surface area contributed by atoms with Crippen molar-refractivity contribution < 1.29 is 32.0 Å². The van der Waals surface area contributed by atoms with Crippen LogP contribution in [0.4, 0.5) is 0 Å². The lowest BCUT2D eigenvalue weighted by Crippen LogP contribution is -2.11. The van der Waals surface area contributed by atoms with E-state index in [0.29, 0.717) is 27.8 Å². The average Bonchev–Trinajstić information content (AvgIpc) is 2.69. The lowest BCUT2D eigenvalue weighted by molar-refractivity contribution is 0.0921. The SMILES string of the molecule is O=C=COc1cccc(OCC(=O)c2ccc3cc(S(=O)(=O)O)ccc3c2)c1. The maximum Gasteiger partial charge on any atom is 0.294 e. The van der Waals surface area contributed by atoms with Crippen LogP contribution < -0.4 is 9.47 Å². The van der Waals surface area contributed by atoms with Crippen molar-refractivity contribution in [1.29, 1.82) is 0 Å². The molecule has 0 unspecified atom stereocenters. The molecule has 7 nitrogen and oxygen atoms in total. The Morgan fingerprint density at radius 3 is 2.46 bits per heavy atom. The fraction of sp³-hybridized carbons (Fsp3) is 0.0500. The summed E-state index contributed by atoms with van der Waals surface area (Å²) in [6.45, 7) is -0.221. The average molecular weight is 398 g/mol. The summed E-state index contributed by atoms with van der Waals surface area (Å²) in [7, 11) is -4.29. The topological polar surface area (TPSA) is 107 Å². The molecule has 3 aromatic rings. The Morgan fingerprint density at radius 1 is 1.00 bits per heavy atom. The van der Waals surface area contributed by atoms with Gasteiger partial charge in [-0.1, -0.05) is 24.3 Å². The zero-order chi connectivity index (χ0) is 20.1. The number of hydrogen-bond donors (Lipinski definition) is 1. The van der Waals surface area contributed by atoms with Crippen molar-refractivity contribution >= 4 is 32.6 Å². The normalized spacial score (nSPS) is 10.9. The second kappa shape index (κ2) is 8.06. The van der Waals surface area contributed by atoms with Gasteiger partial charge >= 0.3 is 0 Å². The molecule has 0 aliphatic rings. The third-order valence-electron chi connectivity index (χ3n) is 3.85. The van der Waals surface area contributed by atoms with Gasteiger partial charge in [0.2, 0.25) is 0 Å². The van der Waals surface area contributed by atoms with E-state index in [1.807, 2.05) is 0 Å². The standard InChI is InChI=1S/C20H14O7S/c21-8-9-26-17-2-1-3-18(12-17)27-13-20(22)16-5-4-15-11-19(28(23,24)25)7-6-14(15)10-16/h1-7,9-12H,13H2,(H,23,24,25). The van der Waals surface area contributed by atoms with Gasteiger partial charge in [-0.2, -0.15) is 8.42 Å². The molecule has 0 saturated heterocycles. The molecule has 28 heavy (non-hydrogen) atoms. The van der Waals surface area contributed by atoms with Gasteiger partial charge in [-0.25, -0.2) is 4.79 Å². The van der Waals surface area contributed by atoms with E-state index in [1.165, 1.54) is 30.2 Å². The van der Waals surface area contributed by atoms with E-state index in [-0.39, 0.29) is 17.3 Å². The Morgan fingerprint density at radius 2 is 1.71 bits per heavy atom. The fourth-order valence-electron chi connectivity index (χ4n) is 2.52. The quantitative estimate of drug-likeness (QED) is 0.282. The number of rotatable bonds is 7. The highest BCUT2D eigenvalue weighted by molar-refractivity contribution is 7.85. The predicted octanol–water partition coefficient (Wildman–Crippen LogP) is 3.07. The molecule has 0 aliphatic heterocycles. The van der Waals surface area contributed by atoms with Crippen LogP contribution in [0.3, 0.4) is 0 Å². The van der Waals surface area contributed by atoms with Crippen molar-refractivity contribution in [3.8, 4) is 11.5 Å². The van der Waals surface area contributed by atoms with E-state index in [1.54, 1.807) is 36.4 Å². The second-order valence-corrected chi connectivity index (χ2v) is 7.16. The summed E-state index contributed by atoms with van der Waals surface area (Å²) in [5.74, 6) is 1.98. The first-order valence-corrected chi connectivity index (χ1v) is 9.44. The fourth-order valence-corrected chi connectivity index (χ4v) is 3.04. The van der Waals surface area contributed by atoms with Crippen molar-refractivity contribution in [2.45, 2.75) is 4.90 Å². The lowest BCUT2D eigenvalue weighted by Gasteiger charge is -2.08. The van der Waals surface area contributed by atoms with Crippen LogP contribution in [0.5, 0.6) is 11.5 Å². The highest BCUT2D eigenvalue weighted by Crippen LogP contribution is 2.22. The van der Waals surface area contributed by atoms with Gasteiger partial charge in [0.15, 0.2) is 24.6 Å². The van der Waals surface area contributed by atoms with E-state index in [9.17, 15) is 18.0 Å². The van der Waals surface area contributed by atoms with Crippen molar-refractivity contribution in [2.24, 2.45) is 0 Å². The lowest BCUT2D eigenvalue weighted by atomic mass is 10.0. The summed E-state index contributed by atoms with van der Waals surface area (Å²) in [6, 6.07) is 15.3. The number of fused-ring (bicyclic) bond motifs is 1. The molecule has 0 amide bonds. The summed E-state index contributed by atoms with van der Waals surface area (Å²) in [4.78, 5) is 22.4. The second-order valence-electron chi connectivity index (χ2n) is 5.74. The van der Waals surface area contributed by atoms with Gasteiger partial charge in [-0.05, 0) is 41.1 Å². The first-order valence-electron chi connectivity index (χ1n) is 8.00. The maximum absolute atomic E-state index is 12.4. The third-order valence-corrected chi connectivity index (χ3v) is 4.70. The number of carbonyl (C=O) groups is 1. The summed E-state index contributed by atoms with van der Waals surface area (Å²) in [5.41, 5.74) is 0.392. The van der Waals surface area contributed by atoms with Gasteiger partial charge in [0.05, 0.1) is 4.90 Å². The molecule has 3 rings (SSSR count). The molecular formula is C20H14O7S. The monoisotopic (exact) mass is 398 g/mol. The van der Waals surface area contributed by atoms with Crippen molar-refractivity contribution in [3.63, 3.8) is 0 Å². The van der Waals surface area contributed by atoms with Crippen molar-refractivity contribution in [2.75, 3.05) is 6.61 Å². The van der Waals surface area contributed by atoms with Gasteiger partial charge < -0.3 is 9.47 Å². The zero-order valence-electron chi connectivity index (χ0n) is 14.4. The maximum atomic E-state index is 12.4. The smallest absolute Gasteiger partial charge is 0.294 e. The van der Waals surface area contributed by atoms with E-state index < -0.39 is 10.1 Å². The molecule has 1 N–H and O–H groups in total. The first-order chi connectivity index (χ1) is 13.4. The van der Waals surface area contributed by atoms with Crippen LogP contribution in [0, 0.1) is 0 Å². The molecule has 0 fully saturated rings. The van der Waals surface area contributed by atoms with Crippen LogP contribution in [-0.4, -0.2) is 31.3 Å². The van der Waals surface area contributed by atoms with Gasteiger partial charge in [-0.3, -0.25) is 9.35 Å². The molecule has 8 heteroatoms. The molecule has 0 aromatic heterocycles. The van der Waals surface area contributed by atoms with Crippen LogP contribution in [0.15, 0.2) is 71.8 Å². The molecule has 0 bridgehead atoms. The number of Topliss-reactive ketones (excluding diaryl/α,β-unsaturated/α-hetero) is 1. The number of hydrogen-bond acceptors (Lipinski definition) is 6. The van der Waals surface area contributed by atoms with Gasteiger partial charge in [0.25, 0.3) is 10.1 Å². The molecule has 0 aliphatic carbocycles. The van der Waals surface area contributed by atoms with E-state index in [2.05, 4.69) is 0 Å². The molecule has 0 atom stereocenters. The molecular weight excluding hydrogens is 384 g/mol. The Bertz CT molecular complexity index is 1190. The van der Waals surface area contributed by atoms with Crippen molar-refractivity contribution in [3.05, 3.63) is 72.5 Å². The van der Waals surface area contributed by atoms with Crippen LogP contribution in [0.1, 0.15) is 10.4 Å². The van der Waals surface area contributed by atoms with E-state index >= 15 is 0 Å². The third kappa shape index (κ3) is 4.63. The Hall–Kier alpha value is -3.45. The minimum atomic E-state index is -4.29. The van der Waals surface area contributed by atoms with Crippen LogP contribution in [0.25, 0.3) is 10.8 Å². The minimum absolute atomic E-state index is 0.214. The van der Waals surface area contributed by atoms with E-state index in [0.717, 1.165) is 6.26 Å². The van der Waals surface area contributed by atoms with Gasteiger partial charge in [-0.15, -0.1) is 0 Å². The first kappa shape index (κ1) is 19.3. The molecule has 0 spiro atoms. The van der Waals surface area contributed by atoms with Crippen LogP contribution >= 0.6 is 0 Å². The summed E-state index contributed by atoms with van der Waals surface area (Å²) in [5, 5.41) is 1.22. The minimum Gasteiger partial charge on any atom is -0.485 e. The number of benzene rings is 3. The zero-order valence-corrected chi connectivity index (χ0v) is 15.2. The molecule has 0 heterocycles. The molecule has 0 saturated carbocycles. The molecule has 0 radical (unpaired) electrons.